The highest BCUT2D eigenvalue weighted by atomic mass is 32.2. The third-order valence-electron chi connectivity index (χ3n) is 21.8. The monoisotopic (exact) mass is 1520 g/mol. The van der Waals surface area contributed by atoms with Crippen LogP contribution in [0.1, 0.15) is 322 Å². The number of rotatable bonds is 23. The molecule has 0 aliphatic heterocycles. The van der Waals surface area contributed by atoms with Gasteiger partial charge in [-0.05, 0) is 227 Å². The van der Waals surface area contributed by atoms with Gasteiger partial charge in [0.15, 0.2) is 0 Å². The summed E-state index contributed by atoms with van der Waals surface area (Å²) in [5, 5.41) is 96.6. The second kappa shape index (κ2) is 32.0. The van der Waals surface area contributed by atoms with E-state index in [-0.39, 0.29) is 91.3 Å². The molecule has 600 valence electrons. The molecule has 4 unspecified atom stereocenters. The van der Waals surface area contributed by atoms with Crippen molar-refractivity contribution in [2.45, 2.75) is 337 Å². The van der Waals surface area contributed by atoms with Crippen LogP contribution in [0, 0.1) is 42.9 Å². The molecule has 0 saturated heterocycles. The molecule has 0 aliphatic rings. The zero-order valence-corrected chi connectivity index (χ0v) is 73.2. The normalized spacial score (nSPS) is 14.9. The van der Waals surface area contributed by atoms with E-state index >= 15 is 19.2 Å². The molecule has 6 rings (SSSR count). The Balaban J connectivity index is 1.84. The molecule has 8 N–H and O–H groups in total. The van der Waals surface area contributed by atoms with Crippen LogP contribution < -0.4 is 4.74 Å². The number of aliphatic carboxylic acids is 3. The number of hydrogen-bond acceptors (Lipinski definition) is 11. The predicted molar refractivity (Wildman–Crippen MR) is 446 cm³/mol. The topological polar surface area (TPSA) is 239 Å². The van der Waals surface area contributed by atoms with E-state index < -0.39 is 102 Å². The molecule has 0 spiro atoms. The highest BCUT2D eigenvalue weighted by molar-refractivity contribution is 7.99. The predicted octanol–water partition coefficient (Wildman–Crippen LogP) is 23.1. The third kappa shape index (κ3) is 22.5. The van der Waals surface area contributed by atoms with Gasteiger partial charge in [-0.15, -0.1) is 0 Å². The maximum atomic E-state index is 16.9. The van der Waals surface area contributed by atoms with Crippen molar-refractivity contribution in [2.75, 3.05) is 0 Å². The van der Waals surface area contributed by atoms with Crippen molar-refractivity contribution >= 4 is 35.6 Å². The van der Waals surface area contributed by atoms with E-state index in [0.29, 0.717) is 72.3 Å². The van der Waals surface area contributed by atoms with Crippen molar-refractivity contribution in [3.63, 3.8) is 0 Å². The zero-order valence-electron chi connectivity index (χ0n) is 72.4. The number of carbonyl (C=O) groups excluding carboxylic acids is 1. The number of aromatic hydroxyl groups is 5. The Morgan fingerprint density at radius 2 is 0.514 bits per heavy atom. The number of phenolic OH excluding ortho intramolecular Hbond substituents is 5. The summed E-state index contributed by atoms with van der Waals surface area (Å²) in [6, 6.07) is 22.6. The lowest BCUT2D eigenvalue weighted by Gasteiger charge is -2.42. The van der Waals surface area contributed by atoms with Crippen LogP contribution in [-0.4, -0.2) is 64.7 Å². The van der Waals surface area contributed by atoms with Gasteiger partial charge in [0.1, 0.15) is 34.5 Å². The summed E-state index contributed by atoms with van der Waals surface area (Å²) in [7, 11) is 0. The van der Waals surface area contributed by atoms with Crippen LogP contribution in [0.2, 0.25) is 0 Å². The Bertz CT molecular complexity index is 3970. The minimum Gasteiger partial charge on any atom is -0.508 e. The van der Waals surface area contributed by atoms with Gasteiger partial charge in [0.25, 0.3) is 0 Å². The van der Waals surface area contributed by atoms with Crippen molar-refractivity contribution in [2.24, 2.45) is 29.1 Å². The second-order valence-corrected chi connectivity index (χ2v) is 43.4. The molecule has 0 bridgehead atoms. The average Bonchev–Trinajstić information content (AvgIpc) is 0.782. The van der Waals surface area contributed by atoms with Gasteiger partial charge in [-0.1, -0.05) is 268 Å². The Labute approximate surface area is 658 Å². The van der Waals surface area contributed by atoms with E-state index in [0.717, 1.165) is 26.5 Å². The van der Waals surface area contributed by atoms with Crippen molar-refractivity contribution in [1.82, 2.24) is 0 Å². The lowest BCUT2D eigenvalue weighted by atomic mass is 9.61. The van der Waals surface area contributed by atoms with Crippen molar-refractivity contribution in [3.8, 4) is 34.5 Å². The van der Waals surface area contributed by atoms with Crippen LogP contribution in [0.4, 0.5) is 0 Å². The maximum absolute atomic E-state index is 16.9. The highest BCUT2D eigenvalue weighted by Crippen LogP contribution is 2.53. The van der Waals surface area contributed by atoms with Gasteiger partial charge in [0, 0.05) is 20.9 Å². The maximum Gasteiger partial charge on any atom is 0.314 e. The molecular weight excluding hydrogens is 1380 g/mol. The number of carboxylic acids is 3. The summed E-state index contributed by atoms with van der Waals surface area (Å²) in [5.41, 5.74) is 2.59. The fraction of sp³-hybridized carbons (Fsp3) is 0.579. The molecule has 109 heavy (non-hydrogen) atoms. The molecule has 0 aromatic heterocycles. The van der Waals surface area contributed by atoms with E-state index in [1.165, 1.54) is 0 Å². The number of phenols is 5. The van der Waals surface area contributed by atoms with E-state index in [1.807, 2.05) is 268 Å². The van der Waals surface area contributed by atoms with Crippen LogP contribution in [0.5, 0.6) is 34.5 Å². The first-order valence-electron chi connectivity index (χ1n) is 39.1. The van der Waals surface area contributed by atoms with Gasteiger partial charge in [0.05, 0.1) is 23.7 Å². The molecule has 0 aliphatic carbocycles. The minimum atomic E-state index is -1.73. The number of hydrogen-bond donors (Lipinski definition) is 8. The summed E-state index contributed by atoms with van der Waals surface area (Å²) in [5.74, 6) is -8.98. The molecule has 6 aromatic rings. The van der Waals surface area contributed by atoms with Crippen LogP contribution in [0.25, 0.3) is 0 Å². The average molecular weight is 1520 g/mol. The SMILES string of the molecule is Cc1cc(O)c(C(C)(C)C)cc1Sc1cc(C(C)(C)C)c(OC(=O)C(Cc2cc(C(C)(C)C)c(O)c(C(C)(C)C)c2)CC(CC(Cc2cc(C(C)(C)C)c(O)c(C(C)(C)C)c2)C(=O)O)(CC(Cc2cc(C(C)(C)C)c(O)c(C(C)(C)C)c2)C(=O)O)CC(Cc2cc(C(C)(C)C)c(O)c(C(C)(C)C)c2)C(=O)O)cc1C. The van der Waals surface area contributed by atoms with Crippen LogP contribution in [0.15, 0.2) is 82.6 Å². The second-order valence-electron chi connectivity index (χ2n) is 42.4. The van der Waals surface area contributed by atoms with Gasteiger partial charge < -0.3 is 45.6 Å². The van der Waals surface area contributed by atoms with Crippen molar-refractivity contribution in [1.29, 1.82) is 0 Å². The molecule has 0 amide bonds. The first kappa shape index (κ1) is 90.4. The number of ether oxygens (including phenoxy) is 1. The third-order valence-corrected chi connectivity index (χ3v) is 23.1. The van der Waals surface area contributed by atoms with E-state index in [9.17, 15) is 40.9 Å². The number of benzene rings is 6. The quantitative estimate of drug-likeness (QED) is 0.0220. The van der Waals surface area contributed by atoms with Crippen molar-refractivity contribution in [3.05, 3.63) is 162 Å². The fourth-order valence-corrected chi connectivity index (χ4v) is 16.7. The molecule has 0 radical (unpaired) electrons. The number of carboxylic acid groups (broad SMARTS) is 3. The number of aryl methyl sites for hydroxylation is 2. The fourth-order valence-electron chi connectivity index (χ4n) is 15.7. The van der Waals surface area contributed by atoms with E-state index in [2.05, 4.69) is 20.8 Å². The Hall–Kier alpha value is -7.45. The molecule has 4 atom stereocenters. The summed E-state index contributed by atoms with van der Waals surface area (Å²) in [6.07, 6.45) is -1.83. The first-order valence-corrected chi connectivity index (χ1v) is 39.9. The Kier molecular flexibility index (Phi) is 26.5. The van der Waals surface area contributed by atoms with Crippen molar-refractivity contribution < 1.29 is 64.8 Å². The highest BCUT2D eigenvalue weighted by Gasteiger charge is 2.47. The Morgan fingerprint density at radius 1 is 0.303 bits per heavy atom. The van der Waals surface area contributed by atoms with Gasteiger partial charge in [-0.3, -0.25) is 19.2 Å². The lowest BCUT2D eigenvalue weighted by molar-refractivity contribution is -0.147. The van der Waals surface area contributed by atoms with E-state index in [1.54, 1.807) is 17.8 Å². The van der Waals surface area contributed by atoms with Crippen LogP contribution >= 0.6 is 11.8 Å². The lowest BCUT2D eigenvalue weighted by Crippen LogP contribution is -2.40. The summed E-state index contributed by atoms with van der Waals surface area (Å²) < 4.78 is 7.06. The molecule has 13 nitrogen and oxygen atoms in total. The number of esters is 1. The Morgan fingerprint density at radius 3 is 0.743 bits per heavy atom. The van der Waals surface area contributed by atoms with Gasteiger partial charge in [-0.25, -0.2) is 0 Å². The molecule has 0 saturated carbocycles. The molecule has 0 heterocycles. The minimum absolute atomic E-state index is 0.0835. The summed E-state index contributed by atoms with van der Waals surface area (Å²) >= 11 is 1.55. The van der Waals surface area contributed by atoms with Crippen LogP contribution in [0.3, 0.4) is 0 Å². The summed E-state index contributed by atoms with van der Waals surface area (Å²) in [4.78, 5) is 63.8. The first-order chi connectivity index (χ1) is 49.0. The standard InChI is InChI=1S/C95H136O13S/c1-53-33-73(96)63(85(3,4)5)47-75(53)109-76-48-64(86(6,7)8)74(34-54(76)2)108-84(107)62(38-58-45-71(93(27,28)29)80(100)72(46-58)94(30,31)32)52-95(49-59(81(101)102)35-55-39-65(87(9,10)11)77(97)66(40-55)88(12,13)14,50-60(82(103)104)36-56-41-67(89(15,16)17)78(98)68(42-56)90(18,19)20)51-61(83(105)106)37-57-43-69(91(21,22)23)79(99)70(44-57)92(24,25)26/h33-34,39-48,59-62,96-100H,35-38,49-52H2,1-32H3,(H,101,102)(H,103,104)(H,105,106). The smallest absolute Gasteiger partial charge is 0.314 e. The van der Waals surface area contributed by atoms with Gasteiger partial charge in [0.2, 0.25) is 0 Å². The molecule has 6 aromatic carbocycles. The summed E-state index contributed by atoms with van der Waals surface area (Å²) in [6.45, 7) is 63.7. The largest absolute Gasteiger partial charge is 0.508 e. The van der Waals surface area contributed by atoms with Crippen LogP contribution in [-0.2, 0) is 99.0 Å². The zero-order chi connectivity index (χ0) is 83.5. The molecule has 14 heteroatoms. The van der Waals surface area contributed by atoms with Gasteiger partial charge >= 0.3 is 23.9 Å². The number of carbonyl (C=O) groups is 4. The van der Waals surface area contributed by atoms with Gasteiger partial charge in [-0.2, -0.15) is 0 Å². The van der Waals surface area contributed by atoms with E-state index in [4.69, 9.17) is 4.74 Å². The molecular formula is C95H136O13S. The molecule has 0 fully saturated rings.